The first-order valence-corrected chi connectivity index (χ1v) is 7.83. The number of nitriles is 1. The quantitative estimate of drug-likeness (QED) is 0.819. The molecule has 4 nitrogen and oxygen atoms in total. The maximum atomic E-state index is 12.4. The third-order valence-electron chi connectivity index (χ3n) is 4.52. The van der Waals surface area contributed by atoms with Gasteiger partial charge in [-0.1, -0.05) is 6.08 Å². The van der Waals surface area contributed by atoms with E-state index in [0.29, 0.717) is 17.7 Å². The number of fused-ring (bicyclic) bond motifs is 1. The first-order valence-electron chi connectivity index (χ1n) is 7.83. The van der Waals surface area contributed by atoms with Gasteiger partial charge in [0, 0.05) is 16.4 Å². The van der Waals surface area contributed by atoms with Crippen molar-refractivity contribution >= 4 is 10.8 Å². The van der Waals surface area contributed by atoms with Gasteiger partial charge in [0.2, 0.25) is 0 Å². The lowest BCUT2D eigenvalue weighted by Crippen LogP contribution is -2.42. The molecule has 3 rings (SSSR count). The Morgan fingerprint density at radius 3 is 2.96 bits per heavy atom. The number of aromatic nitrogens is 1. The van der Waals surface area contributed by atoms with Crippen molar-refractivity contribution in [3.05, 3.63) is 42.2 Å². The van der Waals surface area contributed by atoms with Crippen molar-refractivity contribution in [3.63, 3.8) is 0 Å². The molecule has 0 fully saturated rings. The van der Waals surface area contributed by atoms with Gasteiger partial charge in [-0.25, -0.2) is 4.57 Å². The van der Waals surface area contributed by atoms with Crippen LogP contribution in [-0.2, 0) is 6.54 Å². The molecule has 0 saturated heterocycles. The number of pyridine rings is 1. The van der Waals surface area contributed by atoms with Crippen molar-refractivity contribution in [2.45, 2.75) is 32.7 Å². The van der Waals surface area contributed by atoms with E-state index in [1.807, 2.05) is 22.9 Å². The van der Waals surface area contributed by atoms with Gasteiger partial charge in [-0.05, 0) is 55.5 Å². The molecule has 2 aromatic rings. The van der Waals surface area contributed by atoms with Gasteiger partial charge in [-0.15, -0.1) is 0 Å². The van der Waals surface area contributed by atoms with E-state index in [-0.39, 0.29) is 11.2 Å². The molecule has 118 valence electrons. The van der Waals surface area contributed by atoms with Crippen LogP contribution in [0.15, 0.2) is 42.2 Å². The predicted molar refractivity (Wildman–Crippen MR) is 85.8 cm³/mol. The van der Waals surface area contributed by atoms with E-state index in [1.165, 1.54) is 0 Å². The highest BCUT2D eigenvalue weighted by Crippen LogP contribution is 2.34. The molecule has 0 bridgehead atoms. The number of allylic oxidation sites excluding steroid dienone is 2. The minimum atomic E-state index is -0.0828. The molecule has 1 heterocycles. The molecule has 1 atom stereocenters. The summed E-state index contributed by atoms with van der Waals surface area (Å²) in [7, 11) is 1.60. The number of hydrogen-bond donors (Lipinski definition) is 0. The summed E-state index contributed by atoms with van der Waals surface area (Å²) in [4.78, 5) is 0. The second kappa shape index (κ2) is 5.92. The Kier molecular flexibility index (Phi) is 3.96. The fourth-order valence-electron chi connectivity index (χ4n) is 3.39. The lowest BCUT2D eigenvalue weighted by molar-refractivity contribution is -0.708. The number of ether oxygens (including phenoxy) is 1. The lowest BCUT2D eigenvalue weighted by Gasteiger charge is -2.27. The number of rotatable bonds is 3. The second-order valence-corrected chi connectivity index (χ2v) is 6.54. The van der Waals surface area contributed by atoms with E-state index < -0.39 is 0 Å². The normalized spacial score (nSPS) is 20.8. The lowest BCUT2D eigenvalue weighted by atomic mass is 9.78. The van der Waals surface area contributed by atoms with Crippen molar-refractivity contribution in [2.24, 2.45) is 5.41 Å². The Hall–Kier alpha value is -2.54. The van der Waals surface area contributed by atoms with Gasteiger partial charge in [0.25, 0.3) is 0 Å². The third-order valence-corrected chi connectivity index (χ3v) is 4.52. The standard InChI is InChI=1S/C19H20N2O2/c1-19(7-3-4-14(9-19)10-20)13-21-11-15-5-6-16(23-2)8-17(15)18(22)12-21/h5-6,8-9,11-12H,3-4,7,13H2,1-2H3/t19-/m1/s1. The molecule has 1 aliphatic rings. The number of benzene rings is 1. The number of methoxy groups -OCH3 is 1. The zero-order valence-corrected chi connectivity index (χ0v) is 13.5. The molecular weight excluding hydrogens is 288 g/mol. The molecule has 0 unspecified atom stereocenters. The Morgan fingerprint density at radius 1 is 1.39 bits per heavy atom. The number of hydrogen-bond acceptors (Lipinski definition) is 3. The summed E-state index contributed by atoms with van der Waals surface area (Å²) >= 11 is 0. The molecule has 1 aromatic heterocycles. The van der Waals surface area contributed by atoms with Crippen LogP contribution in [0.3, 0.4) is 0 Å². The third kappa shape index (κ3) is 3.14. The molecule has 23 heavy (non-hydrogen) atoms. The first kappa shape index (κ1) is 15.4. The van der Waals surface area contributed by atoms with Gasteiger partial charge in [0.15, 0.2) is 18.9 Å². The second-order valence-electron chi connectivity index (χ2n) is 6.54. The largest absolute Gasteiger partial charge is 0.868 e. The minimum Gasteiger partial charge on any atom is -0.868 e. The van der Waals surface area contributed by atoms with E-state index in [4.69, 9.17) is 10.00 Å². The monoisotopic (exact) mass is 308 g/mol. The fourth-order valence-corrected chi connectivity index (χ4v) is 3.39. The molecule has 0 N–H and O–H groups in total. The molecule has 0 radical (unpaired) electrons. The van der Waals surface area contributed by atoms with Crippen LogP contribution >= 0.6 is 0 Å². The zero-order chi connectivity index (χ0) is 16.4. The maximum Gasteiger partial charge on any atom is 0.176 e. The topological polar surface area (TPSA) is 60.0 Å². The molecule has 0 amide bonds. The fraction of sp³-hybridized carbons (Fsp3) is 0.368. The molecule has 4 heteroatoms. The molecule has 1 aliphatic carbocycles. The summed E-state index contributed by atoms with van der Waals surface area (Å²) in [5, 5.41) is 23.1. The van der Waals surface area contributed by atoms with E-state index >= 15 is 0 Å². The molecule has 1 aromatic carbocycles. The predicted octanol–water partition coefficient (Wildman–Crippen LogP) is 2.85. The summed E-state index contributed by atoms with van der Waals surface area (Å²) in [6.45, 7) is 2.86. The summed E-state index contributed by atoms with van der Waals surface area (Å²) < 4.78 is 7.14. The van der Waals surface area contributed by atoms with Gasteiger partial charge in [-0.2, -0.15) is 5.26 Å². The van der Waals surface area contributed by atoms with Crippen molar-refractivity contribution < 1.29 is 14.4 Å². The SMILES string of the molecule is COc1ccc2c[n+](C[C@@]3(C)C=C(C#N)CCC3)cc([O-])c2c1. The van der Waals surface area contributed by atoms with Crippen LogP contribution in [0.5, 0.6) is 11.5 Å². The van der Waals surface area contributed by atoms with E-state index in [2.05, 4.69) is 19.1 Å². The van der Waals surface area contributed by atoms with Crippen molar-refractivity contribution in [1.29, 1.82) is 5.26 Å². The van der Waals surface area contributed by atoms with Gasteiger partial charge in [0.1, 0.15) is 5.75 Å². The summed E-state index contributed by atoms with van der Waals surface area (Å²) in [6, 6.07) is 7.82. The molecule has 0 spiro atoms. The van der Waals surface area contributed by atoms with Crippen LogP contribution in [0.4, 0.5) is 0 Å². The van der Waals surface area contributed by atoms with Crippen molar-refractivity contribution in [1.82, 2.24) is 0 Å². The van der Waals surface area contributed by atoms with Gasteiger partial charge >= 0.3 is 0 Å². The van der Waals surface area contributed by atoms with Gasteiger partial charge in [0.05, 0.1) is 13.2 Å². The Bertz CT molecular complexity index is 820. The minimum absolute atomic E-state index is 0.00899. The average molecular weight is 308 g/mol. The van der Waals surface area contributed by atoms with Crippen LogP contribution in [0.25, 0.3) is 10.8 Å². The van der Waals surface area contributed by atoms with Crippen molar-refractivity contribution in [3.8, 4) is 17.6 Å². The highest BCUT2D eigenvalue weighted by atomic mass is 16.5. The van der Waals surface area contributed by atoms with Gasteiger partial charge < -0.3 is 9.84 Å². The Labute approximate surface area is 136 Å². The van der Waals surface area contributed by atoms with E-state index in [0.717, 1.165) is 30.2 Å². The summed E-state index contributed by atoms with van der Waals surface area (Å²) in [5.74, 6) is 0.679. The summed E-state index contributed by atoms with van der Waals surface area (Å²) in [5.41, 5.74) is 0.771. The van der Waals surface area contributed by atoms with Crippen LogP contribution in [0.1, 0.15) is 26.2 Å². The molecule has 0 aliphatic heterocycles. The van der Waals surface area contributed by atoms with Crippen LogP contribution in [-0.4, -0.2) is 7.11 Å². The van der Waals surface area contributed by atoms with Crippen molar-refractivity contribution in [2.75, 3.05) is 7.11 Å². The average Bonchev–Trinajstić information content (AvgIpc) is 2.54. The van der Waals surface area contributed by atoms with Crippen LogP contribution < -0.4 is 14.4 Å². The Balaban J connectivity index is 1.96. The van der Waals surface area contributed by atoms with Gasteiger partial charge in [-0.3, -0.25) is 0 Å². The molecule has 0 saturated carbocycles. The van der Waals surface area contributed by atoms with E-state index in [9.17, 15) is 5.11 Å². The first-order chi connectivity index (χ1) is 11.0. The summed E-state index contributed by atoms with van der Waals surface area (Å²) in [6.07, 6.45) is 8.62. The number of nitrogens with zero attached hydrogens (tertiary/aromatic N) is 2. The Morgan fingerprint density at radius 2 is 2.22 bits per heavy atom. The van der Waals surface area contributed by atoms with Crippen LogP contribution in [0.2, 0.25) is 0 Å². The van der Waals surface area contributed by atoms with E-state index in [1.54, 1.807) is 19.4 Å². The highest BCUT2D eigenvalue weighted by Gasteiger charge is 2.30. The zero-order valence-electron chi connectivity index (χ0n) is 13.5. The smallest absolute Gasteiger partial charge is 0.176 e. The molecular formula is C19H20N2O2. The van der Waals surface area contributed by atoms with Crippen LogP contribution in [0, 0.1) is 16.7 Å². The highest BCUT2D eigenvalue weighted by molar-refractivity contribution is 5.87. The maximum absolute atomic E-state index is 12.4.